The second kappa shape index (κ2) is 8.16. The first-order valence-electron chi connectivity index (χ1n) is 7.95. The Balaban J connectivity index is 0.00000312. The molecule has 1 saturated carbocycles. The molecular weight excluding hydrogens is 308 g/mol. The van der Waals surface area contributed by atoms with Crippen LogP contribution in [0.15, 0.2) is 30.0 Å². The number of hydrogen-bond acceptors (Lipinski definition) is 6. The van der Waals surface area contributed by atoms with Gasteiger partial charge in [-0.1, -0.05) is 0 Å². The van der Waals surface area contributed by atoms with E-state index in [0.29, 0.717) is 17.2 Å². The molecule has 1 aliphatic rings. The monoisotopic (exact) mass is 330 g/mol. The van der Waals surface area contributed by atoms with Crippen molar-refractivity contribution in [3.05, 3.63) is 41.1 Å². The lowest BCUT2D eigenvalue weighted by Gasteiger charge is -2.09. The topological polar surface area (TPSA) is 88.4 Å². The standard InChI is InChI=1S/C18H20N2O4.H2/c1-3-23-17(21)16(18(22)24-4-2)11-20-14-8-7-13(10-19)15(9-14)12-5-6-12;/h7-9,11-12,20H,3-6H2,1-2H3;1H. The lowest BCUT2D eigenvalue weighted by atomic mass is 10.0. The number of nitriles is 1. The van der Waals surface area contributed by atoms with E-state index in [2.05, 4.69) is 11.4 Å². The number of benzene rings is 1. The van der Waals surface area contributed by atoms with Crippen LogP contribution < -0.4 is 5.32 Å². The van der Waals surface area contributed by atoms with Crippen molar-refractivity contribution in [1.82, 2.24) is 0 Å². The molecule has 0 bridgehead atoms. The van der Waals surface area contributed by atoms with Crippen LogP contribution in [0, 0.1) is 11.3 Å². The summed E-state index contributed by atoms with van der Waals surface area (Å²) in [7, 11) is 0. The van der Waals surface area contributed by atoms with Crippen molar-refractivity contribution in [2.45, 2.75) is 32.6 Å². The second-order valence-corrected chi connectivity index (χ2v) is 5.33. The van der Waals surface area contributed by atoms with Crippen molar-refractivity contribution >= 4 is 17.6 Å². The summed E-state index contributed by atoms with van der Waals surface area (Å²) in [6.07, 6.45) is 3.43. The Labute approximate surface area is 142 Å². The minimum atomic E-state index is -0.737. The molecule has 6 heteroatoms. The maximum atomic E-state index is 11.9. The van der Waals surface area contributed by atoms with E-state index in [0.717, 1.165) is 18.4 Å². The van der Waals surface area contributed by atoms with E-state index in [-0.39, 0.29) is 20.2 Å². The first kappa shape index (κ1) is 17.5. The summed E-state index contributed by atoms with van der Waals surface area (Å²) in [5.41, 5.74) is 2.14. The number of esters is 2. The molecule has 0 radical (unpaired) electrons. The van der Waals surface area contributed by atoms with Gasteiger partial charge in [-0.2, -0.15) is 5.26 Å². The molecule has 128 valence electrons. The third-order valence-corrected chi connectivity index (χ3v) is 3.56. The third kappa shape index (κ3) is 4.35. The fourth-order valence-electron chi connectivity index (χ4n) is 2.26. The predicted molar refractivity (Wildman–Crippen MR) is 90.2 cm³/mol. The number of carbonyl (C=O) groups is 2. The number of rotatable bonds is 7. The number of carbonyl (C=O) groups excluding carboxylic acids is 2. The van der Waals surface area contributed by atoms with Crippen LogP contribution in [0.5, 0.6) is 0 Å². The van der Waals surface area contributed by atoms with Gasteiger partial charge < -0.3 is 14.8 Å². The van der Waals surface area contributed by atoms with Crippen molar-refractivity contribution in [2.75, 3.05) is 18.5 Å². The van der Waals surface area contributed by atoms with E-state index < -0.39 is 11.9 Å². The van der Waals surface area contributed by atoms with Gasteiger partial charge in [0.15, 0.2) is 5.57 Å². The molecule has 1 aromatic rings. The Hall–Kier alpha value is -2.81. The summed E-state index contributed by atoms with van der Waals surface area (Å²) >= 11 is 0. The zero-order valence-electron chi connectivity index (χ0n) is 13.8. The van der Waals surface area contributed by atoms with Crippen molar-refractivity contribution in [1.29, 1.82) is 5.26 Å². The van der Waals surface area contributed by atoms with E-state index in [1.807, 2.05) is 6.07 Å². The van der Waals surface area contributed by atoms with Gasteiger partial charge in [-0.15, -0.1) is 0 Å². The molecule has 1 aliphatic carbocycles. The summed E-state index contributed by atoms with van der Waals surface area (Å²) < 4.78 is 9.75. The molecule has 24 heavy (non-hydrogen) atoms. The van der Waals surface area contributed by atoms with Crippen LogP contribution in [0.4, 0.5) is 5.69 Å². The Morgan fingerprint density at radius 3 is 2.42 bits per heavy atom. The van der Waals surface area contributed by atoms with Crippen LogP contribution in [0.1, 0.15) is 45.2 Å². The predicted octanol–water partition coefficient (Wildman–Crippen LogP) is 3.10. The summed E-state index contributed by atoms with van der Waals surface area (Å²) in [4.78, 5) is 23.8. The Morgan fingerprint density at radius 2 is 1.92 bits per heavy atom. The van der Waals surface area contributed by atoms with Crippen LogP contribution in [-0.2, 0) is 19.1 Å². The van der Waals surface area contributed by atoms with Crippen molar-refractivity contribution in [3.8, 4) is 6.07 Å². The Morgan fingerprint density at radius 1 is 1.29 bits per heavy atom. The van der Waals surface area contributed by atoms with Gasteiger partial charge in [0.1, 0.15) is 0 Å². The number of nitrogens with zero attached hydrogens (tertiary/aromatic N) is 1. The first-order chi connectivity index (χ1) is 11.6. The van der Waals surface area contributed by atoms with Gasteiger partial charge in [-0.3, -0.25) is 0 Å². The van der Waals surface area contributed by atoms with Gasteiger partial charge in [-0.05, 0) is 56.4 Å². The van der Waals surface area contributed by atoms with Gasteiger partial charge in [-0.25, -0.2) is 9.59 Å². The lowest BCUT2D eigenvalue weighted by Crippen LogP contribution is -2.19. The molecule has 1 fully saturated rings. The highest BCUT2D eigenvalue weighted by Gasteiger charge is 2.26. The van der Waals surface area contributed by atoms with E-state index in [1.54, 1.807) is 26.0 Å². The molecule has 1 N–H and O–H groups in total. The quantitative estimate of drug-likeness (QED) is 0.358. The fraction of sp³-hybridized carbons (Fsp3) is 0.389. The van der Waals surface area contributed by atoms with Gasteiger partial charge in [0.05, 0.1) is 24.8 Å². The zero-order valence-corrected chi connectivity index (χ0v) is 13.8. The van der Waals surface area contributed by atoms with Gasteiger partial charge in [0.2, 0.25) is 0 Å². The summed E-state index contributed by atoms with van der Waals surface area (Å²) in [5, 5.41) is 12.1. The molecule has 0 spiro atoms. The highest BCUT2D eigenvalue weighted by atomic mass is 16.6. The van der Waals surface area contributed by atoms with E-state index >= 15 is 0 Å². The highest BCUT2D eigenvalue weighted by Crippen LogP contribution is 2.42. The Bertz CT molecular complexity index is 686. The van der Waals surface area contributed by atoms with Crippen molar-refractivity contribution < 1.29 is 20.5 Å². The smallest absolute Gasteiger partial charge is 0.347 e. The van der Waals surface area contributed by atoms with Gasteiger partial charge >= 0.3 is 11.9 Å². The van der Waals surface area contributed by atoms with Crippen LogP contribution in [0.25, 0.3) is 0 Å². The minimum absolute atomic E-state index is 0. The molecule has 0 heterocycles. The van der Waals surface area contributed by atoms with Crippen LogP contribution in [0.3, 0.4) is 0 Å². The summed E-state index contributed by atoms with van der Waals surface area (Å²) in [6, 6.07) is 7.53. The molecule has 0 aliphatic heterocycles. The van der Waals surface area contributed by atoms with Crippen molar-refractivity contribution in [3.63, 3.8) is 0 Å². The summed E-state index contributed by atoms with van der Waals surface area (Å²) in [6.45, 7) is 3.66. The van der Waals surface area contributed by atoms with E-state index in [4.69, 9.17) is 14.7 Å². The maximum Gasteiger partial charge on any atom is 0.347 e. The zero-order chi connectivity index (χ0) is 17.5. The molecule has 0 saturated heterocycles. The largest absolute Gasteiger partial charge is 0.462 e. The van der Waals surface area contributed by atoms with Gasteiger partial charge in [0, 0.05) is 13.3 Å². The Kier molecular flexibility index (Phi) is 5.96. The molecule has 0 aromatic heterocycles. The lowest BCUT2D eigenvalue weighted by molar-refractivity contribution is -0.146. The number of ether oxygens (including phenoxy) is 2. The maximum absolute atomic E-state index is 11.9. The van der Waals surface area contributed by atoms with Crippen molar-refractivity contribution in [2.24, 2.45) is 0 Å². The average Bonchev–Trinajstić information content (AvgIpc) is 3.40. The molecule has 1 aromatic carbocycles. The average molecular weight is 330 g/mol. The first-order valence-corrected chi connectivity index (χ1v) is 7.95. The number of hydrogen-bond donors (Lipinski definition) is 1. The van der Waals surface area contributed by atoms with E-state index in [1.165, 1.54) is 6.20 Å². The minimum Gasteiger partial charge on any atom is -0.462 e. The van der Waals surface area contributed by atoms with Gasteiger partial charge in [0.25, 0.3) is 0 Å². The molecule has 2 rings (SSSR count). The van der Waals surface area contributed by atoms with Crippen LogP contribution in [-0.4, -0.2) is 25.2 Å². The molecule has 0 unspecified atom stereocenters. The molecule has 6 nitrogen and oxygen atoms in total. The number of anilines is 1. The second-order valence-electron chi connectivity index (χ2n) is 5.33. The van der Waals surface area contributed by atoms with Crippen LogP contribution in [0.2, 0.25) is 0 Å². The molecule has 0 amide bonds. The van der Waals surface area contributed by atoms with Crippen LogP contribution >= 0.6 is 0 Å². The molecular formula is C18H22N2O4. The summed E-state index contributed by atoms with van der Waals surface area (Å²) in [5.74, 6) is -1.06. The number of nitrogens with one attached hydrogen (secondary N) is 1. The fourth-order valence-corrected chi connectivity index (χ4v) is 2.26. The van der Waals surface area contributed by atoms with E-state index in [9.17, 15) is 9.59 Å². The normalized spacial score (nSPS) is 12.7. The SMILES string of the molecule is CCOC(=O)C(=CNc1ccc(C#N)c(C2CC2)c1)C(=O)OCC.[HH]. The third-order valence-electron chi connectivity index (χ3n) is 3.56. The highest BCUT2D eigenvalue weighted by molar-refractivity contribution is 6.14. The molecule has 0 atom stereocenters.